The van der Waals surface area contributed by atoms with Gasteiger partial charge in [-0.25, -0.2) is 8.42 Å². The van der Waals surface area contributed by atoms with Crippen LogP contribution in [-0.2, 0) is 17.1 Å². The summed E-state index contributed by atoms with van der Waals surface area (Å²) >= 11 is 3.38. The van der Waals surface area contributed by atoms with Gasteiger partial charge in [0.25, 0.3) is 0 Å². The summed E-state index contributed by atoms with van der Waals surface area (Å²) in [5.41, 5.74) is 4.48. The minimum absolute atomic E-state index is 0.00918. The Bertz CT molecular complexity index is 1430. The van der Waals surface area contributed by atoms with Gasteiger partial charge < -0.3 is 4.57 Å². The average molecular weight is 521 g/mol. The van der Waals surface area contributed by atoms with Gasteiger partial charge in [0.1, 0.15) is 0 Å². The fraction of sp³-hybridized carbons (Fsp3) is 0.185. The number of hydrogen-bond donors (Lipinski definition) is 0. The van der Waals surface area contributed by atoms with Gasteiger partial charge in [-0.1, -0.05) is 76.6 Å². The Morgan fingerprint density at radius 2 is 1.64 bits per heavy atom. The molecule has 2 atom stereocenters. The molecule has 0 saturated carbocycles. The molecule has 1 aliphatic heterocycles. The van der Waals surface area contributed by atoms with Crippen LogP contribution in [0.5, 0.6) is 0 Å². The first kappa shape index (κ1) is 22.1. The average Bonchev–Trinajstić information content (AvgIpc) is 3.36. The van der Waals surface area contributed by atoms with Crippen LogP contribution in [0.1, 0.15) is 17.0 Å². The molecule has 0 N–H and O–H groups in total. The SMILES string of the molecule is C=C1CN(S(=O)(=O)c2ccc(Br)cc2)C[C@@H]1[C@H](c1ccccc1)c1cn(C)c2ccccc12. The maximum absolute atomic E-state index is 13.4. The van der Waals surface area contributed by atoms with E-state index in [2.05, 4.69) is 70.7 Å². The molecule has 33 heavy (non-hydrogen) atoms. The molecule has 4 aromatic rings. The summed E-state index contributed by atoms with van der Waals surface area (Å²) in [5.74, 6) is -0.0154. The first-order valence-corrected chi connectivity index (χ1v) is 13.1. The standard InChI is InChI=1S/C27H25BrN2O2S/c1-19-16-30(33(31,32)22-14-12-21(28)13-15-22)18-24(19)27(20-8-4-3-5-9-20)25-17-29(2)26-11-7-6-10-23(25)26/h3-15,17,24,27H,1,16,18H2,2H3/t24-,27-/m0/s1. The molecule has 4 nitrogen and oxygen atoms in total. The number of para-hydroxylation sites is 1. The minimum atomic E-state index is -3.61. The van der Waals surface area contributed by atoms with Crippen LogP contribution >= 0.6 is 15.9 Å². The van der Waals surface area contributed by atoms with Crippen LogP contribution in [0.4, 0.5) is 0 Å². The molecule has 0 bridgehead atoms. The maximum Gasteiger partial charge on any atom is 0.243 e. The van der Waals surface area contributed by atoms with Gasteiger partial charge in [0.15, 0.2) is 0 Å². The van der Waals surface area contributed by atoms with E-state index in [9.17, 15) is 8.42 Å². The summed E-state index contributed by atoms with van der Waals surface area (Å²) in [5, 5.41) is 1.19. The third-order valence-electron chi connectivity index (χ3n) is 6.58. The molecule has 1 fully saturated rings. The fourth-order valence-electron chi connectivity index (χ4n) is 4.95. The van der Waals surface area contributed by atoms with Crippen LogP contribution in [0.25, 0.3) is 10.9 Å². The van der Waals surface area contributed by atoms with Crippen molar-refractivity contribution in [1.82, 2.24) is 8.87 Å². The predicted molar refractivity (Wildman–Crippen MR) is 137 cm³/mol. The molecule has 168 valence electrons. The topological polar surface area (TPSA) is 42.3 Å². The molecule has 0 amide bonds. The van der Waals surface area contributed by atoms with E-state index in [1.807, 2.05) is 24.3 Å². The van der Waals surface area contributed by atoms with E-state index in [-0.39, 0.29) is 11.8 Å². The van der Waals surface area contributed by atoms with Crippen molar-refractivity contribution in [2.45, 2.75) is 10.8 Å². The van der Waals surface area contributed by atoms with E-state index >= 15 is 0 Å². The Hall–Kier alpha value is -2.67. The molecular weight excluding hydrogens is 496 g/mol. The molecule has 6 heteroatoms. The smallest absolute Gasteiger partial charge is 0.243 e. The molecule has 2 heterocycles. The number of aromatic nitrogens is 1. The lowest BCUT2D eigenvalue weighted by molar-refractivity contribution is 0.443. The molecule has 0 radical (unpaired) electrons. The zero-order valence-corrected chi connectivity index (χ0v) is 20.8. The van der Waals surface area contributed by atoms with E-state index in [4.69, 9.17) is 0 Å². The van der Waals surface area contributed by atoms with Gasteiger partial charge in [-0.05, 0) is 41.5 Å². The van der Waals surface area contributed by atoms with Crippen LogP contribution in [0.2, 0.25) is 0 Å². The van der Waals surface area contributed by atoms with E-state index in [1.54, 1.807) is 28.6 Å². The van der Waals surface area contributed by atoms with Crippen molar-refractivity contribution in [1.29, 1.82) is 0 Å². The summed E-state index contributed by atoms with van der Waals surface area (Å²) in [6.45, 7) is 5.08. The number of rotatable bonds is 5. The zero-order valence-electron chi connectivity index (χ0n) is 18.4. The van der Waals surface area contributed by atoms with Gasteiger partial charge >= 0.3 is 0 Å². The second-order valence-electron chi connectivity index (χ2n) is 8.62. The van der Waals surface area contributed by atoms with Gasteiger partial charge in [-0.2, -0.15) is 4.31 Å². The van der Waals surface area contributed by atoms with Crippen molar-refractivity contribution in [3.05, 3.63) is 113 Å². The predicted octanol–water partition coefficient (Wildman–Crippen LogP) is 5.95. The molecule has 0 aliphatic carbocycles. The quantitative estimate of drug-likeness (QED) is 0.305. The third kappa shape index (κ3) is 3.97. The monoisotopic (exact) mass is 520 g/mol. The molecule has 0 spiro atoms. The van der Waals surface area contributed by atoms with Gasteiger partial charge in [-0.3, -0.25) is 0 Å². The van der Waals surface area contributed by atoms with Crippen molar-refractivity contribution in [3.8, 4) is 0 Å². The maximum atomic E-state index is 13.4. The largest absolute Gasteiger partial charge is 0.350 e. The number of benzene rings is 3. The van der Waals surface area contributed by atoms with Crippen molar-refractivity contribution in [2.75, 3.05) is 13.1 Å². The Morgan fingerprint density at radius 3 is 2.36 bits per heavy atom. The molecule has 1 saturated heterocycles. The Labute approximate surface area is 203 Å². The highest BCUT2D eigenvalue weighted by Crippen LogP contribution is 2.43. The lowest BCUT2D eigenvalue weighted by Crippen LogP contribution is -2.30. The second-order valence-corrected chi connectivity index (χ2v) is 11.5. The van der Waals surface area contributed by atoms with E-state index in [0.717, 1.165) is 15.6 Å². The van der Waals surface area contributed by atoms with E-state index in [1.165, 1.54) is 16.5 Å². The summed E-state index contributed by atoms with van der Waals surface area (Å²) in [4.78, 5) is 0.306. The van der Waals surface area contributed by atoms with Crippen LogP contribution in [-0.4, -0.2) is 30.4 Å². The van der Waals surface area contributed by atoms with Crippen LogP contribution < -0.4 is 0 Å². The van der Waals surface area contributed by atoms with Crippen molar-refractivity contribution < 1.29 is 8.42 Å². The number of sulfonamides is 1. The van der Waals surface area contributed by atoms with Crippen molar-refractivity contribution in [2.24, 2.45) is 13.0 Å². The number of aryl methyl sites for hydroxylation is 1. The van der Waals surface area contributed by atoms with Gasteiger partial charge in [0.2, 0.25) is 10.0 Å². The van der Waals surface area contributed by atoms with E-state index < -0.39 is 10.0 Å². The first-order valence-electron chi connectivity index (χ1n) is 10.9. The fourth-order valence-corrected chi connectivity index (χ4v) is 6.68. The van der Waals surface area contributed by atoms with Crippen LogP contribution in [0.3, 0.4) is 0 Å². The molecular formula is C27H25BrN2O2S. The number of hydrogen-bond acceptors (Lipinski definition) is 2. The van der Waals surface area contributed by atoms with Gasteiger partial charge in [0, 0.05) is 53.5 Å². The zero-order chi connectivity index (χ0) is 23.2. The van der Waals surface area contributed by atoms with Crippen molar-refractivity contribution >= 4 is 36.9 Å². The van der Waals surface area contributed by atoms with Gasteiger partial charge in [0.05, 0.1) is 4.90 Å². The van der Waals surface area contributed by atoms with Crippen LogP contribution in [0.15, 0.2) is 107 Å². The first-order chi connectivity index (χ1) is 15.9. The summed E-state index contributed by atoms with van der Waals surface area (Å²) in [6, 6.07) is 25.5. The van der Waals surface area contributed by atoms with E-state index in [0.29, 0.717) is 18.0 Å². The van der Waals surface area contributed by atoms with Crippen LogP contribution in [0, 0.1) is 5.92 Å². The van der Waals surface area contributed by atoms with Gasteiger partial charge in [-0.15, -0.1) is 0 Å². The summed E-state index contributed by atoms with van der Waals surface area (Å²) in [7, 11) is -1.55. The summed E-state index contributed by atoms with van der Waals surface area (Å²) < 4.78 is 31.4. The van der Waals surface area contributed by atoms with Crippen molar-refractivity contribution in [3.63, 3.8) is 0 Å². The number of halogens is 1. The second kappa shape index (κ2) is 8.60. The Kier molecular flexibility index (Phi) is 5.77. The Balaban J connectivity index is 1.58. The normalized spacial score (nSPS) is 18.1. The number of fused-ring (bicyclic) bond motifs is 1. The highest BCUT2D eigenvalue weighted by molar-refractivity contribution is 9.10. The third-order valence-corrected chi connectivity index (χ3v) is 8.93. The molecule has 5 rings (SSSR count). The number of nitrogens with zero attached hydrogens (tertiary/aromatic N) is 2. The lowest BCUT2D eigenvalue weighted by Gasteiger charge is -2.25. The highest BCUT2D eigenvalue weighted by Gasteiger charge is 2.40. The lowest BCUT2D eigenvalue weighted by atomic mass is 9.78. The molecule has 1 aliphatic rings. The minimum Gasteiger partial charge on any atom is -0.350 e. The molecule has 0 unspecified atom stereocenters. The summed E-state index contributed by atoms with van der Waals surface area (Å²) in [6.07, 6.45) is 2.18. The Morgan fingerprint density at radius 1 is 0.970 bits per heavy atom. The molecule has 3 aromatic carbocycles. The highest BCUT2D eigenvalue weighted by atomic mass is 79.9. The molecule has 1 aromatic heterocycles.